The third-order valence-corrected chi connectivity index (χ3v) is 4.27. The van der Waals surface area contributed by atoms with Gasteiger partial charge in [-0.3, -0.25) is 0 Å². The minimum Gasteiger partial charge on any atom is -0.166 e. The number of rotatable bonds is 1. The van der Waals surface area contributed by atoms with Gasteiger partial charge in [-0.05, 0) is 50.9 Å². The molecule has 0 spiro atoms. The lowest BCUT2D eigenvalue weighted by Crippen LogP contribution is -2.04. The lowest BCUT2D eigenvalue weighted by Gasteiger charge is -2.10. The molecular formula is C21H13F3. The molecule has 0 aliphatic heterocycles. The standard InChI is InChI=1S/C21H13F3/c22-21(23,24)18-11-10-14-8-9-16(12-17(14)13-18)20-7-3-5-15-4-1-2-6-19(15)20/h1-13H. The van der Waals surface area contributed by atoms with Crippen LogP contribution in [0.3, 0.4) is 0 Å². The zero-order valence-corrected chi connectivity index (χ0v) is 12.6. The zero-order valence-electron chi connectivity index (χ0n) is 12.6. The number of hydrogen-bond acceptors (Lipinski definition) is 0. The van der Waals surface area contributed by atoms with E-state index in [-0.39, 0.29) is 0 Å². The van der Waals surface area contributed by atoms with E-state index in [1.165, 1.54) is 12.1 Å². The lowest BCUT2D eigenvalue weighted by molar-refractivity contribution is -0.137. The van der Waals surface area contributed by atoms with Crippen molar-refractivity contribution in [2.75, 3.05) is 0 Å². The molecule has 0 fully saturated rings. The van der Waals surface area contributed by atoms with Crippen LogP contribution in [-0.4, -0.2) is 0 Å². The Labute approximate surface area is 137 Å². The molecule has 3 heteroatoms. The summed E-state index contributed by atoms with van der Waals surface area (Å²) in [5, 5.41) is 3.59. The molecule has 0 saturated heterocycles. The van der Waals surface area contributed by atoms with E-state index < -0.39 is 11.7 Å². The molecule has 0 heterocycles. The van der Waals surface area contributed by atoms with Gasteiger partial charge < -0.3 is 0 Å². The molecule has 0 atom stereocenters. The van der Waals surface area contributed by atoms with Crippen molar-refractivity contribution in [3.63, 3.8) is 0 Å². The minimum atomic E-state index is -4.33. The van der Waals surface area contributed by atoms with Gasteiger partial charge in [0.25, 0.3) is 0 Å². The van der Waals surface area contributed by atoms with Crippen LogP contribution in [0.1, 0.15) is 5.56 Å². The SMILES string of the molecule is FC(F)(F)c1ccc2ccc(-c3cccc4ccccc34)cc2c1. The van der Waals surface area contributed by atoms with Gasteiger partial charge in [-0.1, -0.05) is 60.7 Å². The van der Waals surface area contributed by atoms with Crippen LogP contribution >= 0.6 is 0 Å². The van der Waals surface area contributed by atoms with E-state index in [1.807, 2.05) is 60.7 Å². The minimum absolute atomic E-state index is 0.593. The van der Waals surface area contributed by atoms with E-state index in [0.717, 1.165) is 33.4 Å². The summed E-state index contributed by atoms with van der Waals surface area (Å²) in [6.45, 7) is 0. The first-order chi connectivity index (χ1) is 11.5. The van der Waals surface area contributed by atoms with Gasteiger partial charge in [-0.2, -0.15) is 13.2 Å². The second-order valence-corrected chi connectivity index (χ2v) is 5.80. The molecule has 0 aliphatic rings. The van der Waals surface area contributed by atoms with Crippen LogP contribution in [0.25, 0.3) is 32.7 Å². The number of alkyl halides is 3. The predicted molar refractivity (Wildman–Crippen MR) is 91.9 cm³/mol. The highest BCUT2D eigenvalue weighted by Crippen LogP contribution is 2.34. The fourth-order valence-corrected chi connectivity index (χ4v) is 3.07. The van der Waals surface area contributed by atoms with Gasteiger partial charge in [0.15, 0.2) is 0 Å². The van der Waals surface area contributed by atoms with Crippen molar-refractivity contribution in [3.05, 3.63) is 84.4 Å². The van der Waals surface area contributed by atoms with Gasteiger partial charge in [0.2, 0.25) is 0 Å². The fourth-order valence-electron chi connectivity index (χ4n) is 3.07. The third kappa shape index (κ3) is 2.52. The van der Waals surface area contributed by atoms with Gasteiger partial charge >= 0.3 is 6.18 Å². The molecule has 0 saturated carbocycles. The average molecular weight is 322 g/mol. The average Bonchev–Trinajstić information content (AvgIpc) is 2.59. The first kappa shape index (κ1) is 14.8. The molecule has 0 bridgehead atoms. The van der Waals surface area contributed by atoms with Crippen LogP contribution in [0.2, 0.25) is 0 Å². The highest BCUT2D eigenvalue weighted by molar-refractivity contribution is 5.99. The third-order valence-electron chi connectivity index (χ3n) is 4.27. The van der Waals surface area contributed by atoms with Crippen molar-refractivity contribution in [2.45, 2.75) is 6.18 Å². The van der Waals surface area contributed by atoms with Gasteiger partial charge in [0.1, 0.15) is 0 Å². The highest BCUT2D eigenvalue weighted by atomic mass is 19.4. The topological polar surface area (TPSA) is 0 Å². The summed E-state index contributed by atoms with van der Waals surface area (Å²) >= 11 is 0. The van der Waals surface area contributed by atoms with Crippen LogP contribution in [0.5, 0.6) is 0 Å². The van der Waals surface area contributed by atoms with E-state index in [1.54, 1.807) is 0 Å². The monoisotopic (exact) mass is 322 g/mol. The molecule has 4 rings (SSSR count). The molecule has 0 N–H and O–H groups in total. The van der Waals surface area contributed by atoms with Crippen molar-refractivity contribution in [3.8, 4) is 11.1 Å². The number of halogens is 3. The van der Waals surface area contributed by atoms with Gasteiger partial charge in [-0.25, -0.2) is 0 Å². The van der Waals surface area contributed by atoms with E-state index >= 15 is 0 Å². The summed E-state index contributed by atoms with van der Waals surface area (Å²) < 4.78 is 38.8. The molecule has 0 nitrogen and oxygen atoms in total. The summed E-state index contributed by atoms with van der Waals surface area (Å²) in [5.41, 5.74) is 1.32. The van der Waals surface area contributed by atoms with E-state index in [2.05, 4.69) is 0 Å². The molecule has 0 unspecified atom stereocenters. The lowest BCUT2D eigenvalue weighted by atomic mass is 9.96. The van der Waals surface area contributed by atoms with Crippen LogP contribution in [0.4, 0.5) is 13.2 Å². The van der Waals surface area contributed by atoms with E-state index in [9.17, 15) is 13.2 Å². The summed E-state index contributed by atoms with van der Waals surface area (Å²) in [6.07, 6.45) is -4.33. The Morgan fingerprint density at radius 3 is 2.17 bits per heavy atom. The maximum absolute atomic E-state index is 12.9. The maximum Gasteiger partial charge on any atom is 0.416 e. The van der Waals surface area contributed by atoms with Crippen molar-refractivity contribution >= 4 is 21.5 Å². The number of hydrogen-bond donors (Lipinski definition) is 0. The van der Waals surface area contributed by atoms with Crippen molar-refractivity contribution in [1.29, 1.82) is 0 Å². The van der Waals surface area contributed by atoms with E-state index in [0.29, 0.717) is 5.39 Å². The predicted octanol–water partition coefficient (Wildman–Crippen LogP) is 6.68. The Morgan fingerprint density at radius 1 is 0.583 bits per heavy atom. The molecule has 0 radical (unpaired) electrons. The second-order valence-electron chi connectivity index (χ2n) is 5.80. The van der Waals surface area contributed by atoms with Crippen molar-refractivity contribution in [1.82, 2.24) is 0 Å². The summed E-state index contributed by atoms with van der Waals surface area (Å²) in [7, 11) is 0. The van der Waals surface area contributed by atoms with Crippen molar-refractivity contribution < 1.29 is 13.2 Å². The van der Waals surface area contributed by atoms with Gasteiger partial charge in [-0.15, -0.1) is 0 Å². The molecule has 118 valence electrons. The summed E-state index contributed by atoms with van der Waals surface area (Å²) in [4.78, 5) is 0. The first-order valence-electron chi connectivity index (χ1n) is 7.61. The first-order valence-corrected chi connectivity index (χ1v) is 7.61. The Hall–Kier alpha value is -2.81. The fraction of sp³-hybridized carbons (Fsp3) is 0.0476. The van der Waals surface area contributed by atoms with Crippen LogP contribution in [0, 0.1) is 0 Å². The summed E-state index contributed by atoms with van der Waals surface area (Å²) in [6, 6.07) is 23.5. The Balaban J connectivity index is 1.93. The van der Waals surface area contributed by atoms with Crippen LogP contribution in [0.15, 0.2) is 78.9 Å². The smallest absolute Gasteiger partial charge is 0.166 e. The maximum atomic E-state index is 12.9. The zero-order chi connectivity index (χ0) is 16.7. The number of benzene rings is 4. The molecule has 24 heavy (non-hydrogen) atoms. The Bertz CT molecular complexity index is 1040. The molecular weight excluding hydrogens is 309 g/mol. The molecule has 4 aromatic rings. The largest absolute Gasteiger partial charge is 0.416 e. The second kappa shape index (κ2) is 5.38. The molecule has 0 aliphatic carbocycles. The van der Waals surface area contributed by atoms with Crippen LogP contribution < -0.4 is 0 Å². The summed E-state index contributed by atoms with van der Waals surface area (Å²) in [5.74, 6) is 0. The Kier molecular flexibility index (Phi) is 3.31. The van der Waals surface area contributed by atoms with Crippen molar-refractivity contribution in [2.24, 2.45) is 0 Å². The number of fused-ring (bicyclic) bond motifs is 2. The van der Waals surface area contributed by atoms with E-state index in [4.69, 9.17) is 0 Å². The van der Waals surface area contributed by atoms with Crippen LogP contribution in [-0.2, 0) is 6.18 Å². The molecule has 0 amide bonds. The quantitative estimate of drug-likeness (QED) is 0.367. The Morgan fingerprint density at radius 2 is 1.33 bits per heavy atom. The molecule has 0 aromatic heterocycles. The molecule has 4 aromatic carbocycles. The van der Waals surface area contributed by atoms with Gasteiger partial charge in [0, 0.05) is 0 Å². The van der Waals surface area contributed by atoms with Gasteiger partial charge in [0.05, 0.1) is 5.56 Å². The highest BCUT2D eigenvalue weighted by Gasteiger charge is 2.30. The normalized spacial score (nSPS) is 12.0.